The molecule has 0 atom stereocenters. The van der Waals surface area contributed by atoms with Gasteiger partial charge in [0.1, 0.15) is 0 Å². The maximum atomic E-state index is 13.2. The molecule has 0 aliphatic carbocycles. The van der Waals surface area contributed by atoms with Crippen LogP contribution in [0.25, 0.3) is 0 Å². The lowest BCUT2D eigenvalue weighted by molar-refractivity contribution is 0.0689. The molecule has 3 rings (SSSR count). The topological polar surface area (TPSA) is 181 Å². The third kappa shape index (κ3) is 5.26. The molecule has 5 N–H and O–H groups in total. The quantitative estimate of drug-likeness (QED) is 0.356. The number of anilines is 1. The van der Waals surface area contributed by atoms with Crippen molar-refractivity contribution in [2.24, 2.45) is 5.73 Å². The summed E-state index contributed by atoms with van der Waals surface area (Å²) in [5, 5.41) is 21.2. The van der Waals surface area contributed by atoms with E-state index >= 15 is 0 Å². The van der Waals surface area contributed by atoms with Gasteiger partial charge in [0.15, 0.2) is 0 Å². The highest BCUT2D eigenvalue weighted by Gasteiger charge is 2.25. The van der Waals surface area contributed by atoms with Gasteiger partial charge in [-0.2, -0.15) is 0 Å². The second kappa shape index (κ2) is 10.0. The highest BCUT2D eigenvalue weighted by atomic mass is 32.2. The van der Waals surface area contributed by atoms with Crippen LogP contribution >= 0.6 is 0 Å². The zero-order valence-electron chi connectivity index (χ0n) is 19.2. The number of aromatic carboxylic acids is 2. The number of carboxylic acid groups (broad SMARTS) is 2. The Morgan fingerprint density at radius 2 is 1.31 bits per heavy atom. The van der Waals surface area contributed by atoms with E-state index in [1.807, 2.05) is 19.9 Å². The summed E-state index contributed by atoms with van der Waals surface area (Å²) < 4.78 is 26.4. The summed E-state index contributed by atoms with van der Waals surface area (Å²) in [5.41, 5.74) is 3.63. The van der Waals surface area contributed by atoms with Gasteiger partial charge in [-0.25, -0.2) is 18.0 Å². The second-order valence-electron chi connectivity index (χ2n) is 8.13. The first-order valence-electron chi connectivity index (χ1n) is 10.5. The lowest BCUT2D eigenvalue weighted by Crippen LogP contribution is -2.22. The number of rotatable bonds is 8. The van der Waals surface area contributed by atoms with Gasteiger partial charge in [-0.3, -0.25) is 9.59 Å². The van der Waals surface area contributed by atoms with Crippen LogP contribution < -0.4 is 11.1 Å². The molecule has 3 aromatic rings. The van der Waals surface area contributed by atoms with Crippen molar-refractivity contribution in [3.05, 3.63) is 88.5 Å². The standard InChI is InChI=1S/C25H22N2O8S/c1-13(2)14-5-3-7-16(9-14)36(34,35)17-8-4-6-15(10-17)27-23(29)19-11-18(22(26)28)20(24(30)31)12-21(19)25(32)33/h3-13H,1-2H3,(H2,26,28)(H,27,29)(H,30,31)(H,32,33). The van der Waals surface area contributed by atoms with Gasteiger partial charge in [-0.1, -0.05) is 32.0 Å². The van der Waals surface area contributed by atoms with Crippen LogP contribution in [0, 0.1) is 0 Å². The number of amides is 2. The first kappa shape index (κ1) is 26.1. The smallest absolute Gasteiger partial charge is 0.336 e. The first-order valence-corrected chi connectivity index (χ1v) is 12.0. The van der Waals surface area contributed by atoms with E-state index in [2.05, 4.69) is 5.32 Å². The zero-order chi connectivity index (χ0) is 26.8. The maximum absolute atomic E-state index is 13.2. The van der Waals surface area contributed by atoms with Crippen molar-refractivity contribution >= 4 is 39.3 Å². The van der Waals surface area contributed by atoms with Gasteiger partial charge in [0, 0.05) is 5.69 Å². The summed E-state index contributed by atoms with van der Waals surface area (Å²) in [5.74, 6) is -5.29. The minimum Gasteiger partial charge on any atom is -0.478 e. The Morgan fingerprint density at radius 1 is 0.778 bits per heavy atom. The molecule has 0 unspecified atom stereocenters. The van der Waals surface area contributed by atoms with Gasteiger partial charge in [-0.05, 0) is 53.9 Å². The average molecular weight is 511 g/mol. The van der Waals surface area contributed by atoms with Crippen molar-refractivity contribution in [2.75, 3.05) is 5.32 Å². The van der Waals surface area contributed by atoms with Gasteiger partial charge in [0.25, 0.3) is 5.91 Å². The number of nitrogens with one attached hydrogen (secondary N) is 1. The number of benzene rings is 3. The molecule has 0 aliphatic rings. The normalized spacial score (nSPS) is 11.2. The monoisotopic (exact) mass is 510 g/mol. The summed E-state index contributed by atoms with van der Waals surface area (Å²) in [6.07, 6.45) is 0. The van der Waals surface area contributed by atoms with E-state index in [0.29, 0.717) is 6.07 Å². The van der Waals surface area contributed by atoms with Crippen LogP contribution in [0.15, 0.2) is 70.5 Å². The van der Waals surface area contributed by atoms with Crippen molar-refractivity contribution in [1.29, 1.82) is 0 Å². The Labute approximate surface area is 206 Å². The zero-order valence-corrected chi connectivity index (χ0v) is 20.0. The Hall–Kier alpha value is -4.51. The van der Waals surface area contributed by atoms with E-state index < -0.39 is 55.8 Å². The molecule has 3 aromatic carbocycles. The highest BCUT2D eigenvalue weighted by Crippen LogP contribution is 2.27. The molecule has 0 heterocycles. The molecule has 186 valence electrons. The highest BCUT2D eigenvalue weighted by molar-refractivity contribution is 7.91. The minimum absolute atomic E-state index is 0.0281. The number of carbonyl (C=O) groups is 4. The number of nitrogens with two attached hydrogens (primary N) is 1. The third-order valence-electron chi connectivity index (χ3n) is 5.37. The van der Waals surface area contributed by atoms with Crippen molar-refractivity contribution in [3.63, 3.8) is 0 Å². The number of carboxylic acids is 2. The fourth-order valence-electron chi connectivity index (χ4n) is 3.46. The molecule has 36 heavy (non-hydrogen) atoms. The van der Waals surface area contributed by atoms with Gasteiger partial charge in [-0.15, -0.1) is 0 Å². The van der Waals surface area contributed by atoms with Gasteiger partial charge < -0.3 is 21.3 Å². The summed E-state index contributed by atoms with van der Waals surface area (Å²) in [6.45, 7) is 3.86. The Bertz CT molecular complexity index is 1510. The van der Waals surface area contributed by atoms with Gasteiger partial charge in [0.2, 0.25) is 15.7 Å². The number of hydrogen-bond acceptors (Lipinski definition) is 6. The molecule has 0 spiro atoms. The Morgan fingerprint density at radius 3 is 1.86 bits per heavy atom. The second-order valence-corrected chi connectivity index (χ2v) is 10.1. The predicted octanol–water partition coefficient (Wildman–Crippen LogP) is 3.39. The summed E-state index contributed by atoms with van der Waals surface area (Å²) in [7, 11) is -3.94. The molecule has 0 saturated carbocycles. The molecule has 0 aliphatic heterocycles. The van der Waals surface area contributed by atoms with Gasteiger partial charge in [0.05, 0.1) is 32.0 Å². The number of primary amides is 1. The number of sulfone groups is 1. The van der Waals surface area contributed by atoms with Crippen LogP contribution in [0.3, 0.4) is 0 Å². The van der Waals surface area contributed by atoms with Crippen LogP contribution in [-0.2, 0) is 9.84 Å². The van der Waals surface area contributed by atoms with Crippen LogP contribution in [0.5, 0.6) is 0 Å². The van der Waals surface area contributed by atoms with E-state index in [-0.39, 0.29) is 21.4 Å². The molecular weight excluding hydrogens is 488 g/mol. The van der Waals surface area contributed by atoms with E-state index in [9.17, 15) is 37.8 Å². The molecule has 2 amide bonds. The van der Waals surface area contributed by atoms with E-state index in [1.165, 1.54) is 30.3 Å². The minimum atomic E-state index is -3.94. The first-order chi connectivity index (χ1) is 16.8. The van der Waals surface area contributed by atoms with E-state index in [0.717, 1.165) is 11.6 Å². The van der Waals surface area contributed by atoms with Crippen LogP contribution in [0.4, 0.5) is 5.69 Å². The molecule has 0 radical (unpaired) electrons. The fraction of sp³-hybridized carbons (Fsp3) is 0.120. The molecule has 10 nitrogen and oxygen atoms in total. The number of carbonyl (C=O) groups excluding carboxylic acids is 2. The average Bonchev–Trinajstić information content (AvgIpc) is 2.83. The van der Waals surface area contributed by atoms with Crippen LogP contribution in [0.2, 0.25) is 0 Å². The predicted molar refractivity (Wildman–Crippen MR) is 129 cm³/mol. The van der Waals surface area contributed by atoms with Crippen molar-refractivity contribution in [3.8, 4) is 0 Å². The van der Waals surface area contributed by atoms with Crippen molar-refractivity contribution in [2.45, 2.75) is 29.6 Å². The molecule has 11 heteroatoms. The van der Waals surface area contributed by atoms with Crippen LogP contribution in [0.1, 0.15) is 66.8 Å². The molecule has 0 bridgehead atoms. The van der Waals surface area contributed by atoms with E-state index in [4.69, 9.17) is 5.73 Å². The maximum Gasteiger partial charge on any atom is 0.336 e. The van der Waals surface area contributed by atoms with Crippen molar-refractivity contribution < 1.29 is 37.8 Å². The lowest BCUT2D eigenvalue weighted by atomic mass is 9.97. The third-order valence-corrected chi connectivity index (χ3v) is 7.11. The fourth-order valence-corrected chi connectivity index (χ4v) is 4.82. The lowest BCUT2D eigenvalue weighted by Gasteiger charge is -2.13. The summed E-state index contributed by atoms with van der Waals surface area (Å²) >= 11 is 0. The Balaban J connectivity index is 2.02. The largest absolute Gasteiger partial charge is 0.478 e. The number of hydrogen-bond donors (Lipinski definition) is 4. The van der Waals surface area contributed by atoms with Crippen molar-refractivity contribution in [1.82, 2.24) is 0 Å². The van der Waals surface area contributed by atoms with E-state index in [1.54, 1.807) is 12.1 Å². The Kier molecular flexibility index (Phi) is 7.25. The molecular formula is C25H22N2O8S. The van der Waals surface area contributed by atoms with Crippen LogP contribution in [-0.4, -0.2) is 42.4 Å². The molecule has 0 aromatic heterocycles. The molecule has 0 saturated heterocycles. The molecule has 0 fully saturated rings. The summed E-state index contributed by atoms with van der Waals surface area (Å²) in [4.78, 5) is 47.7. The SMILES string of the molecule is CC(C)c1cccc(S(=O)(=O)c2cccc(NC(=O)c3cc(C(N)=O)c(C(=O)O)cc3C(=O)O)c2)c1. The van der Waals surface area contributed by atoms with Gasteiger partial charge >= 0.3 is 11.9 Å². The summed E-state index contributed by atoms with van der Waals surface area (Å²) in [6, 6.07) is 13.3.